The van der Waals surface area contributed by atoms with Crippen LogP contribution in [-0.2, 0) is 22.4 Å². The van der Waals surface area contributed by atoms with E-state index in [9.17, 15) is 9.59 Å². The van der Waals surface area contributed by atoms with Crippen molar-refractivity contribution in [1.82, 2.24) is 19.8 Å². The van der Waals surface area contributed by atoms with Gasteiger partial charge in [0.1, 0.15) is 0 Å². The summed E-state index contributed by atoms with van der Waals surface area (Å²) in [5, 5.41) is 3.81. The average molecular weight is 379 g/mol. The Morgan fingerprint density at radius 3 is 2.20 bits per heavy atom. The van der Waals surface area contributed by atoms with Gasteiger partial charge in [-0.05, 0) is 20.8 Å². The molecule has 1 aliphatic rings. The maximum Gasteiger partial charge on any atom is 0.229 e. The van der Waals surface area contributed by atoms with Gasteiger partial charge in [-0.2, -0.15) is 0 Å². The Labute approximate surface area is 155 Å². The second-order valence-corrected chi connectivity index (χ2v) is 8.44. The molecule has 0 saturated carbocycles. The third-order valence-corrected chi connectivity index (χ3v) is 5.79. The second kappa shape index (κ2) is 7.21. The van der Waals surface area contributed by atoms with E-state index in [4.69, 9.17) is 0 Å². The molecule has 1 fully saturated rings. The Morgan fingerprint density at radius 2 is 1.68 bits per heavy atom. The van der Waals surface area contributed by atoms with Gasteiger partial charge in [0.2, 0.25) is 11.8 Å². The van der Waals surface area contributed by atoms with Crippen molar-refractivity contribution in [3.8, 4) is 0 Å². The summed E-state index contributed by atoms with van der Waals surface area (Å²) in [6.07, 6.45) is 0.628. The lowest BCUT2D eigenvalue weighted by atomic mass is 9.94. The van der Waals surface area contributed by atoms with E-state index in [0.29, 0.717) is 25.9 Å². The van der Waals surface area contributed by atoms with Gasteiger partial charge in [-0.1, -0.05) is 0 Å². The molecule has 0 aliphatic carbocycles. The zero-order valence-corrected chi connectivity index (χ0v) is 16.3. The number of carbonyl (C=O) groups is 2. The molecule has 1 atom stereocenters. The molecular weight excluding hydrogens is 356 g/mol. The van der Waals surface area contributed by atoms with E-state index in [1.807, 2.05) is 41.3 Å². The zero-order chi connectivity index (χ0) is 18.0. The molecule has 0 aromatic carbocycles. The van der Waals surface area contributed by atoms with Gasteiger partial charge in [-0.3, -0.25) is 9.59 Å². The van der Waals surface area contributed by atoms with Gasteiger partial charge in [0, 0.05) is 29.9 Å². The monoisotopic (exact) mass is 378 g/mol. The normalized spacial score (nSPS) is 19.9. The SMILES string of the molecule is CC1CN(C(=O)Cc2cscn2)C(C)(C)CN1C(=O)Cc1cscn1. The molecular formula is C17H22N4O2S2. The lowest BCUT2D eigenvalue weighted by Gasteiger charge is -2.50. The van der Waals surface area contributed by atoms with Crippen LogP contribution in [0.4, 0.5) is 0 Å². The van der Waals surface area contributed by atoms with E-state index in [1.165, 1.54) is 22.7 Å². The van der Waals surface area contributed by atoms with Crippen molar-refractivity contribution in [2.45, 2.75) is 45.2 Å². The fourth-order valence-electron chi connectivity index (χ4n) is 3.20. The van der Waals surface area contributed by atoms with Gasteiger partial charge in [0.05, 0.1) is 40.8 Å². The number of thiazole rings is 2. The van der Waals surface area contributed by atoms with Crippen LogP contribution in [0.15, 0.2) is 21.8 Å². The fourth-order valence-corrected chi connectivity index (χ4v) is 4.31. The first kappa shape index (κ1) is 18.0. The maximum absolute atomic E-state index is 12.7. The number of hydrogen-bond donors (Lipinski definition) is 0. The number of carbonyl (C=O) groups excluding carboxylic acids is 2. The van der Waals surface area contributed by atoms with Crippen molar-refractivity contribution in [3.63, 3.8) is 0 Å². The summed E-state index contributed by atoms with van der Waals surface area (Å²) >= 11 is 2.99. The minimum absolute atomic E-state index is 0.0152. The Balaban J connectivity index is 1.68. The molecule has 0 radical (unpaired) electrons. The van der Waals surface area contributed by atoms with Crippen LogP contribution < -0.4 is 0 Å². The van der Waals surface area contributed by atoms with Crippen LogP contribution in [0.25, 0.3) is 0 Å². The molecule has 1 aliphatic heterocycles. The quantitative estimate of drug-likeness (QED) is 0.818. The Kier molecular flexibility index (Phi) is 5.19. The molecule has 1 unspecified atom stereocenters. The van der Waals surface area contributed by atoms with Crippen molar-refractivity contribution in [3.05, 3.63) is 33.2 Å². The van der Waals surface area contributed by atoms with E-state index in [1.54, 1.807) is 11.0 Å². The topological polar surface area (TPSA) is 66.4 Å². The molecule has 0 spiro atoms. The number of nitrogens with zero attached hydrogens (tertiary/aromatic N) is 4. The molecule has 2 aromatic rings. The van der Waals surface area contributed by atoms with Crippen LogP contribution in [0.2, 0.25) is 0 Å². The van der Waals surface area contributed by atoms with Crippen molar-refractivity contribution in [1.29, 1.82) is 0 Å². The summed E-state index contributed by atoms with van der Waals surface area (Å²) in [4.78, 5) is 37.6. The smallest absolute Gasteiger partial charge is 0.229 e. The summed E-state index contributed by atoms with van der Waals surface area (Å²) < 4.78 is 0. The lowest BCUT2D eigenvalue weighted by molar-refractivity contribution is -0.150. The van der Waals surface area contributed by atoms with Gasteiger partial charge in [0.25, 0.3) is 0 Å². The average Bonchev–Trinajstić information content (AvgIpc) is 3.22. The van der Waals surface area contributed by atoms with Crippen LogP contribution in [0.1, 0.15) is 32.2 Å². The number of piperazine rings is 1. The predicted octanol–water partition coefficient (Wildman–Crippen LogP) is 2.22. The first-order valence-electron chi connectivity index (χ1n) is 8.21. The first-order valence-corrected chi connectivity index (χ1v) is 10.1. The minimum atomic E-state index is -0.405. The zero-order valence-electron chi connectivity index (χ0n) is 14.6. The van der Waals surface area contributed by atoms with Crippen molar-refractivity contribution in [2.75, 3.05) is 13.1 Å². The molecule has 3 rings (SSSR count). The van der Waals surface area contributed by atoms with Crippen LogP contribution in [0, 0.1) is 0 Å². The summed E-state index contributed by atoms with van der Waals surface area (Å²) in [6, 6.07) is -0.0152. The number of amides is 2. The summed E-state index contributed by atoms with van der Waals surface area (Å²) in [5.41, 5.74) is 4.69. The molecule has 0 bridgehead atoms. The van der Waals surface area contributed by atoms with Crippen LogP contribution in [0.3, 0.4) is 0 Å². The van der Waals surface area contributed by atoms with Gasteiger partial charge >= 0.3 is 0 Å². The highest BCUT2D eigenvalue weighted by Gasteiger charge is 2.41. The Hall–Kier alpha value is -1.80. The highest BCUT2D eigenvalue weighted by molar-refractivity contribution is 7.07. The van der Waals surface area contributed by atoms with Gasteiger partial charge in [0.15, 0.2) is 0 Å². The van der Waals surface area contributed by atoms with Gasteiger partial charge in [-0.15, -0.1) is 22.7 Å². The third-order valence-electron chi connectivity index (χ3n) is 4.52. The molecule has 2 aromatic heterocycles. The van der Waals surface area contributed by atoms with Crippen molar-refractivity contribution in [2.24, 2.45) is 0 Å². The standard InChI is InChI=1S/C17H22N4O2S2/c1-12-6-21(16(23)5-14-8-25-11-19-14)17(2,3)9-20(12)15(22)4-13-7-24-10-18-13/h7-8,10-12H,4-6,9H2,1-3H3. The van der Waals surface area contributed by atoms with Crippen molar-refractivity contribution >= 4 is 34.5 Å². The molecule has 0 N–H and O–H groups in total. The van der Waals surface area contributed by atoms with E-state index in [2.05, 4.69) is 9.97 Å². The minimum Gasteiger partial charge on any atom is -0.336 e. The van der Waals surface area contributed by atoms with Crippen LogP contribution in [-0.4, -0.2) is 56.3 Å². The molecule has 1 saturated heterocycles. The third kappa shape index (κ3) is 4.07. The highest BCUT2D eigenvalue weighted by Crippen LogP contribution is 2.26. The Morgan fingerprint density at radius 1 is 1.12 bits per heavy atom. The van der Waals surface area contributed by atoms with Crippen LogP contribution in [0.5, 0.6) is 0 Å². The number of rotatable bonds is 4. The van der Waals surface area contributed by atoms with E-state index in [-0.39, 0.29) is 17.9 Å². The fraction of sp³-hybridized carbons (Fsp3) is 0.529. The van der Waals surface area contributed by atoms with E-state index < -0.39 is 5.54 Å². The largest absolute Gasteiger partial charge is 0.336 e. The summed E-state index contributed by atoms with van der Waals surface area (Å²) in [7, 11) is 0. The number of aromatic nitrogens is 2. The molecule has 8 heteroatoms. The van der Waals surface area contributed by atoms with E-state index in [0.717, 1.165) is 11.4 Å². The van der Waals surface area contributed by atoms with Crippen LogP contribution >= 0.6 is 22.7 Å². The first-order chi connectivity index (χ1) is 11.9. The van der Waals surface area contributed by atoms with Gasteiger partial charge < -0.3 is 9.80 Å². The number of hydrogen-bond acceptors (Lipinski definition) is 6. The molecule has 6 nitrogen and oxygen atoms in total. The van der Waals surface area contributed by atoms with Gasteiger partial charge in [-0.25, -0.2) is 9.97 Å². The summed E-state index contributed by atoms with van der Waals surface area (Å²) in [5.74, 6) is 0.132. The van der Waals surface area contributed by atoms with Crippen molar-refractivity contribution < 1.29 is 9.59 Å². The lowest BCUT2D eigenvalue weighted by Crippen LogP contribution is -2.65. The molecule has 25 heavy (non-hydrogen) atoms. The predicted molar refractivity (Wildman–Crippen MR) is 98.6 cm³/mol. The summed E-state index contributed by atoms with van der Waals surface area (Å²) in [6.45, 7) is 7.10. The maximum atomic E-state index is 12.7. The second-order valence-electron chi connectivity index (χ2n) is 7.00. The molecule has 3 heterocycles. The highest BCUT2D eigenvalue weighted by atomic mass is 32.1. The molecule has 134 valence electrons. The Bertz CT molecular complexity index is 728. The van der Waals surface area contributed by atoms with E-state index >= 15 is 0 Å². The molecule has 2 amide bonds.